The van der Waals surface area contributed by atoms with Crippen molar-refractivity contribution in [1.29, 1.82) is 0 Å². The zero-order chi connectivity index (χ0) is 75.5. The molecular formula is C64H104N13O22+. The first kappa shape index (κ1) is 86.0. The molecule has 17 N–H and O–H groups in total. The third kappa shape index (κ3) is 28.7. The van der Waals surface area contributed by atoms with Gasteiger partial charge in [-0.15, -0.1) is 0 Å². The monoisotopic (exact) mass is 1410 g/mol. The minimum Gasteiger partial charge on any atom is -0.481 e. The number of esters is 1. The second-order valence-electron chi connectivity index (χ2n) is 27.0. The lowest BCUT2D eigenvalue weighted by Crippen LogP contribution is -2.65. The number of aliphatic carboxylic acids is 4. The van der Waals surface area contributed by atoms with Crippen molar-refractivity contribution in [2.45, 2.75) is 200 Å². The molecule has 11 amide bonds. The molecule has 2 aliphatic heterocycles. The smallest absolute Gasteiger partial charge is 0.335 e. The predicted molar refractivity (Wildman–Crippen MR) is 352 cm³/mol. The number of aliphatic hydroxyl groups excluding tert-OH is 1. The van der Waals surface area contributed by atoms with E-state index in [1.165, 1.54) is 40.7 Å². The Labute approximate surface area is 575 Å². The Bertz CT molecular complexity index is 2970. The molecule has 0 aromatic heterocycles. The first-order chi connectivity index (χ1) is 46.0. The van der Waals surface area contributed by atoms with Crippen molar-refractivity contribution in [2.24, 2.45) is 41.2 Å². The number of unbranched alkanes of at least 4 members (excludes halogenated alkanes) is 1. The zero-order valence-electron chi connectivity index (χ0n) is 58.5. The molecule has 35 nitrogen and oxygen atoms in total. The fourth-order valence-corrected chi connectivity index (χ4v) is 10.6. The van der Waals surface area contributed by atoms with Gasteiger partial charge < -0.3 is 98.6 Å². The normalized spacial score (nSPS) is 25.1. The number of amides is 11. The largest absolute Gasteiger partial charge is 0.481 e. The van der Waals surface area contributed by atoms with Gasteiger partial charge in [0.05, 0.1) is 58.4 Å². The van der Waals surface area contributed by atoms with Gasteiger partial charge in [0.1, 0.15) is 60.9 Å². The summed E-state index contributed by atoms with van der Waals surface area (Å²) in [5, 5.41) is 74.2. The molecule has 16 atom stereocenters. The number of hydrogen-bond acceptors (Lipinski definition) is 19. The van der Waals surface area contributed by atoms with Crippen LogP contribution in [0.3, 0.4) is 0 Å². The Kier molecular flexibility index (Phi) is 35.3. The third-order valence-corrected chi connectivity index (χ3v) is 16.6. The Morgan fingerprint density at radius 2 is 1.27 bits per heavy atom. The van der Waals surface area contributed by atoms with Gasteiger partial charge in [0.2, 0.25) is 65.0 Å². The van der Waals surface area contributed by atoms with Crippen molar-refractivity contribution >= 4 is 94.8 Å². The number of rotatable bonds is 28. The standard InChI is InChI=1S/C64H103N13O22/c1-14-33(6)21-17-15-16-18-23-42(78)70-48(35(8)62(93)94)58(89)74-50-37(10)67-55(86)41-25-34(7)29-76(41)61(92)47(32(4)5)73-57(88)49(36(9)63(95)96)71-43(79)28-66-53(84)40(27-45(82)99-38(26-44(80)81)30-77(11,12)13)69-60(91)51(52(83)64(97)98)75-54(85)39(22-19-20-24-65)68-56(87)46(31(2)3)72-59(50)90/h15-16,18,23,31-41,46-52,83H,14,17,19-22,24-30,65H2,1-13H3,(H13-,66,67,68,69,70,71,72,73,74,75,78,79,80,81,84,85,86,87,88,89,90,91,93,94,95,96,97,98)/p+1/b16-15-,23-18+/t33?,34-,35?,36?,37?,38?,39+,40+,41+,46-,47+,48+,49-,50+,51+,52?/m1/s1. The van der Waals surface area contributed by atoms with Crippen molar-refractivity contribution in [1.82, 2.24) is 58.1 Å². The molecule has 556 valence electrons. The fraction of sp³-hybridized carbons (Fsp3) is 0.688. The Balaban J connectivity index is 3.04. The number of allylic oxidation sites excluding steroid dienone is 3. The maximum absolute atomic E-state index is 15.0. The van der Waals surface area contributed by atoms with Crippen LogP contribution in [0.2, 0.25) is 0 Å². The fourth-order valence-electron chi connectivity index (χ4n) is 10.6. The van der Waals surface area contributed by atoms with E-state index in [4.69, 9.17) is 10.5 Å². The maximum atomic E-state index is 15.0. The van der Waals surface area contributed by atoms with Gasteiger partial charge in [-0.3, -0.25) is 71.9 Å². The van der Waals surface area contributed by atoms with Crippen LogP contribution in [0.5, 0.6) is 0 Å². The van der Waals surface area contributed by atoms with Crippen LogP contribution < -0.4 is 58.9 Å². The minimum absolute atomic E-state index is 0.0316. The summed E-state index contributed by atoms with van der Waals surface area (Å²) in [6, 6.07) is -19.0. The van der Waals surface area contributed by atoms with Crippen LogP contribution in [0.15, 0.2) is 24.3 Å². The number of hydrogen-bond donors (Lipinski definition) is 16. The van der Waals surface area contributed by atoms with Crippen molar-refractivity contribution in [3.8, 4) is 0 Å². The molecule has 0 radical (unpaired) electrons. The van der Waals surface area contributed by atoms with E-state index in [-0.39, 0.29) is 49.8 Å². The number of nitrogens with zero attached hydrogens (tertiary/aromatic N) is 2. The van der Waals surface area contributed by atoms with E-state index in [1.54, 1.807) is 40.2 Å². The molecule has 0 aliphatic carbocycles. The van der Waals surface area contributed by atoms with E-state index >= 15 is 0 Å². The Morgan fingerprint density at radius 3 is 1.83 bits per heavy atom. The number of carboxylic acids is 4. The van der Waals surface area contributed by atoms with Crippen LogP contribution in [-0.4, -0.2) is 250 Å². The van der Waals surface area contributed by atoms with E-state index in [9.17, 15) is 102 Å². The number of nitrogens with two attached hydrogens (primary N) is 1. The number of quaternary nitrogens is 1. The van der Waals surface area contributed by atoms with Gasteiger partial charge in [-0.2, -0.15) is 0 Å². The number of carbonyl (C=O) groups excluding carboxylic acids is 12. The number of aliphatic hydroxyl groups is 1. The molecule has 0 spiro atoms. The summed E-state index contributed by atoms with van der Waals surface area (Å²) in [6.45, 7) is 13.6. The Hall–Kier alpha value is -9.12. The molecule has 2 rings (SSSR count). The summed E-state index contributed by atoms with van der Waals surface area (Å²) in [5.74, 6) is -27.0. The molecule has 2 saturated heterocycles. The molecule has 2 heterocycles. The van der Waals surface area contributed by atoms with Gasteiger partial charge in [0, 0.05) is 12.6 Å². The number of carbonyl (C=O) groups is 16. The zero-order valence-corrected chi connectivity index (χ0v) is 58.5. The molecule has 2 aliphatic rings. The van der Waals surface area contributed by atoms with Gasteiger partial charge in [0.15, 0.2) is 12.2 Å². The van der Waals surface area contributed by atoms with Gasteiger partial charge in [-0.05, 0) is 89.5 Å². The Morgan fingerprint density at radius 1 is 0.687 bits per heavy atom. The lowest BCUT2D eigenvalue weighted by Gasteiger charge is -2.34. The molecule has 6 unspecified atom stereocenters. The summed E-state index contributed by atoms with van der Waals surface area (Å²) in [6.07, 6.45) is 1.86. The molecule has 99 heavy (non-hydrogen) atoms. The average molecular weight is 1410 g/mol. The number of nitrogens with one attached hydrogen (secondary N) is 10. The summed E-state index contributed by atoms with van der Waals surface area (Å²) in [5.41, 5.74) is 5.75. The van der Waals surface area contributed by atoms with Crippen molar-refractivity contribution < 1.29 is 111 Å². The van der Waals surface area contributed by atoms with Crippen LogP contribution in [0.1, 0.15) is 127 Å². The van der Waals surface area contributed by atoms with Gasteiger partial charge in [0.25, 0.3) is 0 Å². The molecule has 0 aromatic carbocycles. The summed E-state index contributed by atoms with van der Waals surface area (Å²) >= 11 is 0. The number of fused-ring (bicyclic) bond motifs is 1. The third-order valence-electron chi connectivity index (χ3n) is 16.6. The topological polar surface area (TPSA) is 533 Å². The summed E-state index contributed by atoms with van der Waals surface area (Å²) in [4.78, 5) is 222. The number of ether oxygens (including phenoxy) is 1. The lowest BCUT2D eigenvalue weighted by molar-refractivity contribution is -0.873. The van der Waals surface area contributed by atoms with Crippen molar-refractivity contribution in [2.75, 3.05) is 47.3 Å². The van der Waals surface area contributed by atoms with E-state index in [0.717, 1.165) is 37.7 Å². The summed E-state index contributed by atoms with van der Waals surface area (Å²) < 4.78 is 5.46. The van der Waals surface area contributed by atoms with Crippen LogP contribution in [0, 0.1) is 35.5 Å². The highest BCUT2D eigenvalue weighted by molar-refractivity contribution is 6.02. The van der Waals surface area contributed by atoms with E-state index < -0.39 is 216 Å². The van der Waals surface area contributed by atoms with E-state index in [2.05, 4.69) is 49.5 Å². The maximum Gasteiger partial charge on any atom is 0.335 e. The van der Waals surface area contributed by atoms with Crippen LogP contribution in [0.25, 0.3) is 0 Å². The van der Waals surface area contributed by atoms with Crippen LogP contribution in [-0.2, 0) is 81.4 Å². The van der Waals surface area contributed by atoms with Gasteiger partial charge in [-0.25, -0.2) is 4.79 Å². The van der Waals surface area contributed by atoms with E-state index in [1.807, 2.05) is 17.6 Å². The molecular weight excluding hydrogens is 1300 g/mol. The summed E-state index contributed by atoms with van der Waals surface area (Å²) in [7, 11) is 4.89. The van der Waals surface area contributed by atoms with Crippen LogP contribution in [0.4, 0.5) is 0 Å². The minimum atomic E-state index is -2.89. The predicted octanol–water partition coefficient (Wildman–Crippen LogP) is -3.51. The quantitative estimate of drug-likeness (QED) is 0.0119. The second kappa shape index (κ2) is 40.7. The molecule has 0 aromatic rings. The highest BCUT2D eigenvalue weighted by atomic mass is 16.5. The first-order valence-electron chi connectivity index (χ1n) is 33.0. The highest BCUT2D eigenvalue weighted by Crippen LogP contribution is 2.26. The molecule has 0 bridgehead atoms. The molecule has 0 saturated carbocycles. The van der Waals surface area contributed by atoms with Crippen molar-refractivity contribution in [3.63, 3.8) is 0 Å². The number of carboxylic acid groups (broad SMARTS) is 4. The molecule has 2 fully saturated rings. The average Bonchev–Trinajstić information content (AvgIpc) is 1.80. The second-order valence-corrected chi connectivity index (χ2v) is 27.0. The van der Waals surface area contributed by atoms with Crippen molar-refractivity contribution in [3.05, 3.63) is 24.3 Å². The molecule has 35 heteroatoms. The SMILES string of the molecule is CCC(C)CC/C=C\C=C\C(=O)N[C@H](C(=O)N[C@@H]1C(=O)N[C@H](C(C)C)C(=O)N[C@@H](CCCCN)C(=O)N[C@@H](C(O)C(=O)O)C(=O)N[C@@H](CC(=O)OC(CC(=O)O)C[N+](C)(C)C)C(=O)NCC(=O)N[C@H](C(C)C(=O)O)C(=O)N[C@@H](C(C)C)C(=O)N2C[C@H](C)C[C@H]2C(=O)NC1C)C(C)C(=O)O. The van der Waals surface area contributed by atoms with Gasteiger partial charge in [-0.1, -0.05) is 73.1 Å². The van der Waals surface area contributed by atoms with Crippen LogP contribution >= 0.6 is 0 Å². The highest BCUT2D eigenvalue weighted by Gasteiger charge is 2.46. The number of likely N-dealkylation sites (N-methyl/N-ethyl adjacent to an activating group) is 1. The first-order valence-corrected chi connectivity index (χ1v) is 33.0. The lowest BCUT2D eigenvalue weighted by atomic mass is 9.97. The van der Waals surface area contributed by atoms with E-state index in [0.29, 0.717) is 12.3 Å². The van der Waals surface area contributed by atoms with Gasteiger partial charge >= 0.3 is 29.8 Å².